The van der Waals surface area contributed by atoms with Crippen LogP contribution in [0.4, 0.5) is 24.5 Å². The summed E-state index contributed by atoms with van der Waals surface area (Å²) in [6, 6.07) is 3.82. The first kappa shape index (κ1) is 16.0. The van der Waals surface area contributed by atoms with Gasteiger partial charge >= 0.3 is 11.9 Å². The third-order valence-electron chi connectivity index (χ3n) is 2.46. The zero-order chi connectivity index (χ0) is 15.3. The van der Waals surface area contributed by atoms with E-state index in [1.54, 1.807) is 0 Å². The number of rotatable bonds is 6. The Hall–Kier alpha value is -2.03. The van der Waals surface area contributed by atoms with Crippen LogP contribution in [0.5, 0.6) is 5.75 Å². The number of halogens is 3. The fourth-order valence-electron chi connectivity index (χ4n) is 1.74. The lowest BCUT2D eigenvalue weighted by atomic mass is 10.2. The van der Waals surface area contributed by atoms with E-state index in [1.807, 2.05) is 0 Å². The highest BCUT2D eigenvalue weighted by molar-refractivity contribution is 5.69. The van der Waals surface area contributed by atoms with Crippen LogP contribution in [-0.2, 0) is 0 Å². The smallest absolute Gasteiger partial charge is 0.405 e. The van der Waals surface area contributed by atoms with Crippen LogP contribution in [-0.4, -0.2) is 43.0 Å². The molecule has 6 nitrogen and oxygen atoms in total. The standard InChI is InChI=1S/C11H13F3N2O4/c1-20-9-4-2-3-8(10(9)16(18)19)15(5-6-17)7-11(12,13)14/h2-4,17H,5-7H2,1H3. The molecule has 0 aliphatic heterocycles. The average Bonchev–Trinajstić information content (AvgIpc) is 2.35. The first-order valence-corrected chi connectivity index (χ1v) is 5.54. The zero-order valence-electron chi connectivity index (χ0n) is 10.6. The van der Waals surface area contributed by atoms with Crippen molar-refractivity contribution in [3.63, 3.8) is 0 Å². The van der Waals surface area contributed by atoms with Crippen molar-refractivity contribution in [2.45, 2.75) is 6.18 Å². The van der Waals surface area contributed by atoms with E-state index in [2.05, 4.69) is 0 Å². The fourth-order valence-corrected chi connectivity index (χ4v) is 1.74. The van der Waals surface area contributed by atoms with Crippen molar-refractivity contribution in [2.75, 3.05) is 31.7 Å². The maximum Gasteiger partial charge on any atom is 0.405 e. The maximum absolute atomic E-state index is 12.5. The van der Waals surface area contributed by atoms with Crippen molar-refractivity contribution < 1.29 is 27.9 Å². The summed E-state index contributed by atoms with van der Waals surface area (Å²) in [7, 11) is 1.19. The Morgan fingerprint density at radius 3 is 2.55 bits per heavy atom. The molecule has 112 valence electrons. The predicted octanol–water partition coefficient (Wildman–Crippen LogP) is 1.96. The van der Waals surface area contributed by atoms with Gasteiger partial charge in [0.1, 0.15) is 12.2 Å². The number of nitro benzene ring substituents is 1. The molecule has 0 amide bonds. The maximum atomic E-state index is 12.5. The van der Waals surface area contributed by atoms with E-state index >= 15 is 0 Å². The molecule has 0 unspecified atom stereocenters. The number of aliphatic hydroxyl groups is 1. The minimum atomic E-state index is -4.55. The summed E-state index contributed by atoms with van der Waals surface area (Å²) >= 11 is 0. The molecule has 0 saturated heterocycles. The second-order valence-corrected chi connectivity index (χ2v) is 3.85. The van der Waals surface area contributed by atoms with E-state index in [4.69, 9.17) is 9.84 Å². The SMILES string of the molecule is COc1cccc(N(CCO)CC(F)(F)F)c1[N+](=O)[O-]. The molecule has 0 fully saturated rings. The number of hydrogen-bond acceptors (Lipinski definition) is 5. The minimum Gasteiger partial charge on any atom is -0.490 e. The third kappa shape index (κ3) is 3.98. The molecule has 0 radical (unpaired) electrons. The summed E-state index contributed by atoms with van der Waals surface area (Å²) in [6.45, 7) is -2.35. The third-order valence-corrected chi connectivity index (χ3v) is 2.46. The van der Waals surface area contributed by atoms with Crippen molar-refractivity contribution >= 4 is 11.4 Å². The number of methoxy groups -OCH3 is 1. The number of nitrogens with zero attached hydrogens (tertiary/aromatic N) is 2. The fraction of sp³-hybridized carbons (Fsp3) is 0.455. The molecule has 0 aromatic heterocycles. The normalized spacial score (nSPS) is 11.2. The number of aliphatic hydroxyl groups excluding tert-OH is 1. The topological polar surface area (TPSA) is 75.8 Å². The van der Waals surface area contributed by atoms with Gasteiger partial charge in [0.05, 0.1) is 18.6 Å². The molecular weight excluding hydrogens is 281 g/mol. The van der Waals surface area contributed by atoms with E-state index in [0.717, 1.165) is 0 Å². The predicted molar refractivity (Wildman–Crippen MR) is 65.0 cm³/mol. The molecule has 0 atom stereocenters. The second-order valence-electron chi connectivity index (χ2n) is 3.85. The molecule has 0 aliphatic carbocycles. The molecule has 1 rings (SSSR count). The summed E-state index contributed by atoms with van der Waals surface area (Å²) in [5.74, 6) is -0.141. The number of benzene rings is 1. The van der Waals surface area contributed by atoms with Gasteiger partial charge in [0.15, 0.2) is 5.75 Å². The van der Waals surface area contributed by atoms with Crippen molar-refractivity contribution in [2.24, 2.45) is 0 Å². The Morgan fingerprint density at radius 2 is 2.10 bits per heavy atom. The Balaban J connectivity index is 3.28. The van der Waals surface area contributed by atoms with Crippen LogP contribution in [0.2, 0.25) is 0 Å². The summed E-state index contributed by atoms with van der Waals surface area (Å²) in [5.41, 5.74) is -0.812. The van der Waals surface area contributed by atoms with E-state index in [0.29, 0.717) is 4.90 Å². The number of nitro groups is 1. The molecule has 9 heteroatoms. The molecule has 0 spiro atoms. The molecule has 1 N–H and O–H groups in total. The lowest BCUT2D eigenvalue weighted by Crippen LogP contribution is -2.36. The Morgan fingerprint density at radius 1 is 1.45 bits per heavy atom. The summed E-state index contributed by atoms with van der Waals surface area (Å²) in [6.07, 6.45) is -4.55. The molecule has 0 heterocycles. The van der Waals surface area contributed by atoms with Gasteiger partial charge in [0, 0.05) is 6.54 Å². The number of alkyl halides is 3. The Bertz CT molecular complexity index is 479. The first-order valence-electron chi connectivity index (χ1n) is 5.54. The quantitative estimate of drug-likeness (QED) is 0.641. The second kappa shape index (κ2) is 6.42. The lowest BCUT2D eigenvalue weighted by Gasteiger charge is -2.25. The van der Waals surface area contributed by atoms with Crippen molar-refractivity contribution in [3.8, 4) is 5.75 Å². The van der Waals surface area contributed by atoms with Gasteiger partial charge in [-0.2, -0.15) is 13.2 Å². The van der Waals surface area contributed by atoms with Crippen LogP contribution in [0.25, 0.3) is 0 Å². The monoisotopic (exact) mass is 294 g/mol. The Labute approximate surface area is 112 Å². The molecular formula is C11H13F3N2O4. The molecule has 0 saturated carbocycles. The molecule has 1 aromatic carbocycles. The van der Waals surface area contributed by atoms with Crippen molar-refractivity contribution in [3.05, 3.63) is 28.3 Å². The number of ether oxygens (including phenoxy) is 1. The number of hydrogen-bond donors (Lipinski definition) is 1. The van der Waals surface area contributed by atoms with Gasteiger partial charge in [0.2, 0.25) is 0 Å². The van der Waals surface area contributed by atoms with Crippen LogP contribution in [0, 0.1) is 10.1 Å². The number of para-hydroxylation sites is 1. The van der Waals surface area contributed by atoms with Gasteiger partial charge in [0.25, 0.3) is 0 Å². The van der Waals surface area contributed by atoms with Gasteiger partial charge in [-0.3, -0.25) is 10.1 Å². The largest absolute Gasteiger partial charge is 0.490 e. The van der Waals surface area contributed by atoms with Gasteiger partial charge in [-0.15, -0.1) is 0 Å². The van der Waals surface area contributed by atoms with E-state index in [9.17, 15) is 23.3 Å². The minimum absolute atomic E-state index is 0.141. The van der Waals surface area contributed by atoms with Gasteiger partial charge in [-0.1, -0.05) is 6.07 Å². The summed E-state index contributed by atoms with van der Waals surface area (Å²) in [4.78, 5) is 10.9. The van der Waals surface area contributed by atoms with E-state index < -0.39 is 29.9 Å². The molecule has 0 bridgehead atoms. The van der Waals surface area contributed by atoms with Crippen LogP contribution in [0.15, 0.2) is 18.2 Å². The van der Waals surface area contributed by atoms with Gasteiger partial charge in [-0.05, 0) is 12.1 Å². The average molecular weight is 294 g/mol. The van der Waals surface area contributed by atoms with E-state index in [1.165, 1.54) is 25.3 Å². The van der Waals surface area contributed by atoms with Crippen LogP contribution < -0.4 is 9.64 Å². The van der Waals surface area contributed by atoms with Crippen molar-refractivity contribution in [1.29, 1.82) is 0 Å². The van der Waals surface area contributed by atoms with Gasteiger partial charge in [-0.25, -0.2) is 0 Å². The van der Waals surface area contributed by atoms with Crippen LogP contribution >= 0.6 is 0 Å². The first-order chi connectivity index (χ1) is 9.30. The van der Waals surface area contributed by atoms with Crippen LogP contribution in [0.3, 0.4) is 0 Å². The molecule has 20 heavy (non-hydrogen) atoms. The lowest BCUT2D eigenvalue weighted by molar-refractivity contribution is -0.385. The highest BCUT2D eigenvalue weighted by Gasteiger charge is 2.34. The van der Waals surface area contributed by atoms with Gasteiger partial charge < -0.3 is 14.7 Å². The Kier molecular flexibility index (Phi) is 5.14. The summed E-state index contributed by atoms with van der Waals surface area (Å²) in [5, 5.41) is 19.9. The highest BCUT2D eigenvalue weighted by Crippen LogP contribution is 2.37. The summed E-state index contributed by atoms with van der Waals surface area (Å²) < 4.78 is 42.3. The molecule has 1 aromatic rings. The molecule has 0 aliphatic rings. The highest BCUT2D eigenvalue weighted by atomic mass is 19.4. The number of anilines is 1. The van der Waals surface area contributed by atoms with E-state index in [-0.39, 0.29) is 18.0 Å². The van der Waals surface area contributed by atoms with Crippen LogP contribution in [0.1, 0.15) is 0 Å². The zero-order valence-corrected chi connectivity index (χ0v) is 10.6. The van der Waals surface area contributed by atoms with Crippen molar-refractivity contribution in [1.82, 2.24) is 0 Å².